The average molecular weight is 424 g/mol. The first-order valence-electron chi connectivity index (χ1n) is 10.3. The number of rotatable bonds is 14. The number of aliphatic hydroxyl groups is 1. The molecule has 0 heterocycles. The van der Waals surface area contributed by atoms with E-state index in [0.29, 0.717) is 6.42 Å². The number of benzene rings is 1. The van der Waals surface area contributed by atoms with Crippen molar-refractivity contribution in [1.82, 2.24) is 0 Å². The van der Waals surface area contributed by atoms with Crippen LogP contribution < -0.4 is 0 Å². The van der Waals surface area contributed by atoms with Gasteiger partial charge in [0, 0.05) is 6.61 Å². The molecule has 0 aliphatic rings. The van der Waals surface area contributed by atoms with Gasteiger partial charge in [0.2, 0.25) is 6.10 Å². The predicted molar refractivity (Wildman–Crippen MR) is 109 cm³/mol. The van der Waals surface area contributed by atoms with E-state index in [4.69, 9.17) is 18.9 Å². The fourth-order valence-electron chi connectivity index (χ4n) is 2.81. The number of carbonyl (C=O) groups is 3. The van der Waals surface area contributed by atoms with E-state index in [1.165, 1.54) is 19.4 Å². The van der Waals surface area contributed by atoms with Crippen LogP contribution in [0.25, 0.3) is 0 Å². The SMILES string of the molecule is CCOC(=O)C(OCCCCCc1ccccc1)C(O)(C(=O)OCC)C(=O)OCC. The highest BCUT2D eigenvalue weighted by molar-refractivity contribution is 6.08. The molecule has 0 aliphatic carbocycles. The van der Waals surface area contributed by atoms with E-state index in [-0.39, 0.29) is 26.4 Å². The first-order valence-corrected chi connectivity index (χ1v) is 10.3. The molecule has 1 atom stereocenters. The topological polar surface area (TPSA) is 108 Å². The van der Waals surface area contributed by atoms with E-state index in [1.807, 2.05) is 30.3 Å². The number of ether oxygens (including phenoxy) is 4. The molecule has 30 heavy (non-hydrogen) atoms. The Kier molecular flexibility index (Phi) is 11.7. The van der Waals surface area contributed by atoms with Crippen molar-refractivity contribution in [2.24, 2.45) is 0 Å². The number of aryl methyl sites for hydroxylation is 1. The summed E-state index contributed by atoms with van der Waals surface area (Å²) in [6.07, 6.45) is 1.27. The van der Waals surface area contributed by atoms with Crippen LogP contribution in [0.3, 0.4) is 0 Å². The molecule has 0 bridgehead atoms. The zero-order chi connectivity index (χ0) is 22.4. The molecule has 0 amide bonds. The zero-order valence-corrected chi connectivity index (χ0v) is 17.9. The van der Waals surface area contributed by atoms with Gasteiger partial charge in [-0.3, -0.25) is 0 Å². The summed E-state index contributed by atoms with van der Waals surface area (Å²) >= 11 is 0. The van der Waals surface area contributed by atoms with Crippen molar-refractivity contribution in [2.75, 3.05) is 26.4 Å². The Labute approximate surface area is 177 Å². The van der Waals surface area contributed by atoms with Crippen LogP contribution in [0, 0.1) is 0 Å². The molecule has 1 N–H and O–H groups in total. The summed E-state index contributed by atoms with van der Waals surface area (Å²) in [6.45, 7) is 4.40. The van der Waals surface area contributed by atoms with E-state index < -0.39 is 29.6 Å². The number of unbranched alkanes of at least 4 members (excludes halogenated alkanes) is 2. The Morgan fingerprint density at radius 3 is 1.97 bits per heavy atom. The summed E-state index contributed by atoms with van der Waals surface area (Å²) in [5.74, 6) is -3.67. The summed E-state index contributed by atoms with van der Waals surface area (Å²) in [6, 6.07) is 10.0. The maximum absolute atomic E-state index is 12.4. The molecular formula is C22H32O8. The second kappa shape index (κ2) is 13.7. The molecule has 0 fully saturated rings. The molecule has 1 unspecified atom stereocenters. The standard InChI is InChI=1S/C22H32O8/c1-4-27-19(23)18(22(26,20(24)28-5-2)21(25)29-6-3)30-16-12-8-11-15-17-13-9-7-10-14-17/h7,9-10,13-14,18,26H,4-6,8,11-12,15-16H2,1-3H3. The highest BCUT2D eigenvalue weighted by atomic mass is 16.6. The van der Waals surface area contributed by atoms with Crippen LogP contribution in [-0.2, 0) is 39.8 Å². The minimum absolute atomic E-state index is 0.0164. The van der Waals surface area contributed by atoms with Gasteiger partial charge in [-0.15, -0.1) is 0 Å². The highest BCUT2D eigenvalue weighted by Crippen LogP contribution is 2.21. The van der Waals surface area contributed by atoms with Crippen molar-refractivity contribution < 1.29 is 38.4 Å². The number of carbonyl (C=O) groups excluding carboxylic acids is 3. The monoisotopic (exact) mass is 424 g/mol. The maximum atomic E-state index is 12.4. The van der Waals surface area contributed by atoms with Crippen molar-refractivity contribution in [3.05, 3.63) is 35.9 Å². The van der Waals surface area contributed by atoms with Crippen LogP contribution in [-0.4, -0.2) is 61.1 Å². The third-order valence-corrected chi connectivity index (χ3v) is 4.29. The molecule has 0 aromatic heterocycles. The lowest BCUT2D eigenvalue weighted by Gasteiger charge is -2.30. The lowest BCUT2D eigenvalue weighted by Crippen LogP contribution is -2.61. The Bertz CT molecular complexity index is 640. The molecule has 0 radical (unpaired) electrons. The van der Waals surface area contributed by atoms with Crippen molar-refractivity contribution in [1.29, 1.82) is 0 Å². The Balaban J connectivity index is 2.78. The zero-order valence-electron chi connectivity index (χ0n) is 17.9. The third kappa shape index (κ3) is 7.42. The van der Waals surface area contributed by atoms with E-state index in [9.17, 15) is 19.5 Å². The second-order valence-electron chi connectivity index (χ2n) is 6.51. The second-order valence-corrected chi connectivity index (χ2v) is 6.51. The summed E-state index contributed by atoms with van der Waals surface area (Å²) in [5.41, 5.74) is -1.72. The van der Waals surface area contributed by atoms with Crippen molar-refractivity contribution in [3.63, 3.8) is 0 Å². The Morgan fingerprint density at radius 2 is 1.43 bits per heavy atom. The number of hydrogen-bond acceptors (Lipinski definition) is 8. The van der Waals surface area contributed by atoms with Gasteiger partial charge in [0.1, 0.15) is 0 Å². The average Bonchev–Trinajstić information content (AvgIpc) is 2.73. The van der Waals surface area contributed by atoms with Crippen LogP contribution >= 0.6 is 0 Å². The molecule has 1 aromatic rings. The van der Waals surface area contributed by atoms with Gasteiger partial charge in [-0.1, -0.05) is 36.8 Å². The van der Waals surface area contributed by atoms with Gasteiger partial charge >= 0.3 is 17.9 Å². The largest absolute Gasteiger partial charge is 0.464 e. The highest BCUT2D eigenvalue weighted by Gasteiger charge is 2.58. The fraction of sp³-hybridized carbons (Fsp3) is 0.591. The van der Waals surface area contributed by atoms with Crippen LogP contribution in [0.15, 0.2) is 30.3 Å². The molecule has 8 nitrogen and oxygen atoms in total. The van der Waals surface area contributed by atoms with Crippen LogP contribution in [0.5, 0.6) is 0 Å². The van der Waals surface area contributed by atoms with Gasteiger partial charge < -0.3 is 24.1 Å². The van der Waals surface area contributed by atoms with Crippen LogP contribution in [0.2, 0.25) is 0 Å². The van der Waals surface area contributed by atoms with Crippen LogP contribution in [0.4, 0.5) is 0 Å². The van der Waals surface area contributed by atoms with E-state index in [0.717, 1.165) is 19.3 Å². The van der Waals surface area contributed by atoms with Crippen molar-refractivity contribution in [2.45, 2.75) is 58.2 Å². The minimum atomic E-state index is -2.94. The van der Waals surface area contributed by atoms with Crippen molar-refractivity contribution in [3.8, 4) is 0 Å². The smallest absolute Gasteiger partial charge is 0.353 e. The lowest BCUT2D eigenvalue weighted by atomic mass is 9.96. The maximum Gasteiger partial charge on any atom is 0.353 e. The Morgan fingerprint density at radius 1 is 0.867 bits per heavy atom. The molecule has 168 valence electrons. The van der Waals surface area contributed by atoms with Gasteiger partial charge in [0.15, 0.2) is 0 Å². The number of esters is 3. The number of hydrogen-bond donors (Lipinski definition) is 1. The first-order chi connectivity index (χ1) is 14.4. The van der Waals surface area contributed by atoms with Crippen molar-refractivity contribution >= 4 is 17.9 Å². The molecule has 1 aromatic carbocycles. The van der Waals surface area contributed by atoms with Crippen LogP contribution in [0.1, 0.15) is 45.6 Å². The molecular weight excluding hydrogens is 392 g/mol. The van der Waals surface area contributed by atoms with Gasteiger partial charge in [0.25, 0.3) is 5.60 Å². The fourth-order valence-corrected chi connectivity index (χ4v) is 2.81. The summed E-state index contributed by atoms with van der Waals surface area (Å²) in [5, 5.41) is 10.8. The predicted octanol–water partition coefficient (Wildman–Crippen LogP) is 2.20. The molecule has 1 rings (SSSR count). The van der Waals surface area contributed by atoms with E-state index >= 15 is 0 Å². The minimum Gasteiger partial charge on any atom is -0.464 e. The van der Waals surface area contributed by atoms with E-state index in [2.05, 4.69) is 0 Å². The molecule has 0 aliphatic heterocycles. The first kappa shape index (κ1) is 25.6. The summed E-state index contributed by atoms with van der Waals surface area (Å²) < 4.78 is 20.0. The summed E-state index contributed by atoms with van der Waals surface area (Å²) in [7, 11) is 0. The van der Waals surface area contributed by atoms with E-state index in [1.54, 1.807) is 6.92 Å². The lowest BCUT2D eigenvalue weighted by molar-refractivity contribution is -0.208. The molecule has 0 saturated carbocycles. The third-order valence-electron chi connectivity index (χ3n) is 4.29. The molecule has 0 spiro atoms. The normalized spacial score (nSPS) is 12.1. The van der Waals surface area contributed by atoms with Gasteiger partial charge in [-0.05, 0) is 45.6 Å². The quantitative estimate of drug-likeness (QED) is 0.210. The molecule has 0 saturated heterocycles. The van der Waals surface area contributed by atoms with Gasteiger partial charge in [0.05, 0.1) is 19.8 Å². The Hall–Kier alpha value is -2.45. The van der Waals surface area contributed by atoms with Gasteiger partial charge in [-0.2, -0.15) is 0 Å². The van der Waals surface area contributed by atoms with Gasteiger partial charge in [-0.25, -0.2) is 14.4 Å². The summed E-state index contributed by atoms with van der Waals surface area (Å²) in [4.78, 5) is 37.1. The molecule has 8 heteroatoms.